The zero-order valence-corrected chi connectivity index (χ0v) is 12.6. The lowest BCUT2D eigenvalue weighted by molar-refractivity contribution is -0.384. The molecule has 0 radical (unpaired) electrons. The number of aromatic nitrogens is 2. The summed E-state index contributed by atoms with van der Waals surface area (Å²) in [5.74, 6) is -0.413. The van der Waals surface area contributed by atoms with E-state index in [9.17, 15) is 14.9 Å². The van der Waals surface area contributed by atoms with Crippen LogP contribution in [0.1, 0.15) is 33.7 Å². The summed E-state index contributed by atoms with van der Waals surface area (Å²) in [5.41, 5.74) is 4.88. The molecule has 1 aliphatic carbocycles. The fourth-order valence-electron chi connectivity index (χ4n) is 2.48. The molecule has 0 spiro atoms. The maximum absolute atomic E-state index is 12.0. The van der Waals surface area contributed by atoms with E-state index in [0.717, 1.165) is 30.5 Å². The van der Waals surface area contributed by atoms with Gasteiger partial charge in [0.05, 0.1) is 11.1 Å². The number of nitro groups is 1. The van der Waals surface area contributed by atoms with Crippen molar-refractivity contribution in [2.45, 2.75) is 19.3 Å². The van der Waals surface area contributed by atoms with Crippen molar-refractivity contribution in [3.63, 3.8) is 0 Å². The highest BCUT2D eigenvalue weighted by atomic mass is 35.5. The molecule has 0 fully saturated rings. The average molecular weight is 334 g/mol. The van der Waals surface area contributed by atoms with Crippen LogP contribution in [0.15, 0.2) is 23.3 Å². The quantitative estimate of drug-likeness (QED) is 0.507. The molecule has 23 heavy (non-hydrogen) atoms. The van der Waals surface area contributed by atoms with Crippen LogP contribution in [-0.2, 0) is 12.8 Å². The number of hydrazone groups is 1. The highest BCUT2D eigenvalue weighted by Crippen LogP contribution is 2.24. The van der Waals surface area contributed by atoms with Crippen LogP contribution in [0.5, 0.6) is 0 Å². The van der Waals surface area contributed by atoms with Crippen molar-refractivity contribution in [1.82, 2.24) is 15.6 Å². The van der Waals surface area contributed by atoms with Crippen LogP contribution in [0, 0.1) is 10.1 Å². The minimum Gasteiger partial charge on any atom is -0.281 e. The number of nitrogens with zero attached hydrogens (tertiary/aromatic N) is 3. The number of benzene rings is 1. The molecule has 2 N–H and O–H groups in total. The molecule has 1 heterocycles. The number of carbonyl (C=O) groups is 1. The molecule has 0 saturated heterocycles. The Labute approximate surface area is 135 Å². The first-order valence-electron chi connectivity index (χ1n) is 6.89. The predicted octanol–water partition coefficient (Wildman–Crippen LogP) is 2.22. The fourth-order valence-corrected chi connectivity index (χ4v) is 2.66. The zero-order chi connectivity index (χ0) is 16.4. The van der Waals surface area contributed by atoms with E-state index >= 15 is 0 Å². The highest BCUT2D eigenvalue weighted by Gasteiger charge is 2.22. The van der Waals surface area contributed by atoms with Crippen molar-refractivity contribution >= 4 is 29.4 Å². The van der Waals surface area contributed by atoms with Gasteiger partial charge in [0, 0.05) is 22.9 Å². The number of aryl methyl sites for hydroxylation is 1. The second-order valence-electron chi connectivity index (χ2n) is 5.05. The maximum atomic E-state index is 12.0. The number of rotatable bonds is 4. The first-order valence-corrected chi connectivity index (χ1v) is 7.27. The first kappa shape index (κ1) is 15.2. The fraction of sp³-hybridized carbons (Fsp3) is 0.214. The van der Waals surface area contributed by atoms with Crippen molar-refractivity contribution in [3.8, 4) is 0 Å². The normalized spacial score (nSPS) is 13.3. The number of carbonyl (C=O) groups excluding carboxylic acids is 1. The smallest absolute Gasteiger partial charge is 0.281 e. The van der Waals surface area contributed by atoms with Crippen molar-refractivity contribution in [2.75, 3.05) is 0 Å². The standard InChI is InChI=1S/C14H12ClN5O3/c15-10-5-4-8(6-12(10)20(22)23)7-16-19-14(21)13-9-2-1-3-11(9)17-18-13/h4-7H,1-3H2,(H,17,18)(H,19,21). The third-order valence-corrected chi connectivity index (χ3v) is 3.89. The largest absolute Gasteiger partial charge is 0.292 e. The summed E-state index contributed by atoms with van der Waals surface area (Å²) in [7, 11) is 0. The van der Waals surface area contributed by atoms with Crippen molar-refractivity contribution in [1.29, 1.82) is 0 Å². The van der Waals surface area contributed by atoms with E-state index in [0.29, 0.717) is 11.3 Å². The minimum atomic E-state index is -0.578. The third kappa shape index (κ3) is 3.07. The van der Waals surface area contributed by atoms with Crippen LogP contribution in [-0.4, -0.2) is 27.2 Å². The number of nitro benzene ring substituents is 1. The van der Waals surface area contributed by atoms with Gasteiger partial charge in [0.1, 0.15) is 5.02 Å². The molecule has 9 heteroatoms. The van der Waals surface area contributed by atoms with E-state index < -0.39 is 10.8 Å². The molecule has 1 aromatic carbocycles. The number of aromatic amines is 1. The van der Waals surface area contributed by atoms with E-state index in [1.165, 1.54) is 18.3 Å². The third-order valence-electron chi connectivity index (χ3n) is 3.57. The average Bonchev–Trinajstić information content (AvgIpc) is 3.11. The van der Waals surface area contributed by atoms with Crippen LogP contribution < -0.4 is 5.43 Å². The zero-order valence-electron chi connectivity index (χ0n) is 11.9. The number of fused-ring (bicyclic) bond motifs is 1. The van der Waals surface area contributed by atoms with Crippen LogP contribution in [0.3, 0.4) is 0 Å². The van der Waals surface area contributed by atoms with Crippen LogP contribution in [0.4, 0.5) is 5.69 Å². The van der Waals surface area contributed by atoms with Gasteiger partial charge in [0.15, 0.2) is 5.69 Å². The summed E-state index contributed by atoms with van der Waals surface area (Å²) in [5, 5.41) is 21.5. The summed E-state index contributed by atoms with van der Waals surface area (Å²) < 4.78 is 0. The van der Waals surface area contributed by atoms with Gasteiger partial charge in [-0.05, 0) is 25.3 Å². The van der Waals surface area contributed by atoms with Crippen molar-refractivity contribution in [2.24, 2.45) is 5.10 Å². The number of nitrogens with one attached hydrogen (secondary N) is 2. The highest BCUT2D eigenvalue weighted by molar-refractivity contribution is 6.32. The molecular formula is C14H12ClN5O3. The van der Waals surface area contributed by atoms with Gasteiger partial charge in [-0.25, -0.2) is 5.43 Å². The molecule has 8 nitrogen and oxygen atoms in total. The van der Waals surface area contributed by atoms with Gasteiger partial charge in [-0.2, -0.15) is 10.2 Å². The lowest BCUT2D eigenvalue weighted by Gasteiger charge is -1.99. The Hall–Kier alpha value is -2.74. The number of amides is 1. The Morgan fingerprint density at radius 3 is 3.09 bits per heavy atom. The minimum absolute atomic E-state index is 0.0447. The number of hydrogen-bond donors (Lipinski definition) is 2. The summed E-state index contributed by atoms with van der Waals surface area (Å²) in [6, 6.07) is 4.25. The number of halogens is 1. The van der Waals surface area contributed by atoms with Gasteiger partial charge in [-0.3, -0.25) is 20.0 Å². The van der Waals surface area contributed by atoms with Crippen LogP contribution >= 0.6 is 11.6 Å². The Morgan fingerprint density at radius 1 is 1.48 bits per heavy atom. The predicted molar refractivity (Wildman–Crippen MR) is 83.8 cm³/mol. The number of hydrogen-bond acceptors (Lipinski definition) is 5. The molecule has 1 aromatic heterocycles. The van der Waals surface area contributed by atoms with E-state index in [4.69, 9.17) is 11.6 Å². The van der Waals surface area contributed by atoms with E-state index in [1.807, 2.05) is 0 Å². The van der Waals surface area contributed by atoms with Crippen molar-refractivity contribution in [3.05, 3.63) is 55.9 Å². The molecule has 3 rings (SSSR count). The van der Waals surface area contributed by atoms with Gasteiger partial charge < -0.3 is 0 Å². The Morgan fingerprint density at radius 2 is 2.30 bits per heavy atom. The molecule has 1 amide bonds. The molecule has 0 atom stereocenters. The Balaban J connectivity index is 1.70. The monoisotopic (exact) mass is 333 g/mol. The second kappa shape index (κ2) is 6.17. The molecule has 0 unspecified atom stereocenters. The summed E-state index contributed by atoms with van der Waals surface area (Å²) >= 11 is 5.73. The Kier molecular flexibility index (Phi) is 4.07. The van der Waals surface area contributed by atoms with Crippen molar-refractivity contribution < 1.29 is 9.72 Å². The maximum Gasteiger partial charge on any atom is 0.292 e. The molecular weight excluding hydrogens is 322 g/mol. The summed E-state index contributed by atoms with van der Waals surface area (Å²) in [6.45, 7) is 0. The molecule has 0 saturated carbocycles. The number of H-pyrrole nitrogens is 1. The van der Waals surface area contributed by atoms with Crippen LogP contribution in [0.25, 0.3) is 0 Å². The molecule has 1 aliphatic rings. The van der Waals surface area contributed by atoms with E-state index in [1.54, 1.807) is 6.07 Å². The van der Waals surface area contributed by atoms with Gasteiger partial charge in [-0.15, -0.1) is 0 Å². The second-order valence-corrected chi connectivity index (χ2v) is 5.46. The van der Waals surface area contributed by atoms with Gasteiger partial charge in [0.25, 0.3) is 11.6 Å². The van der Waals surface area contributed by atoms with E-state index in [2.05, 4.69) is 20.7 Å². The molecule has 2 aromatic rings. The summed E-state index contributed by atoms with van der Waals surface area (Å²) in [6.07, 6.45) is 4.03. The van der Waals surface area contributed by atoms with Gasteiger partial charge in [0.2, 0.25) is 0 Å². The lowest BCUT2D eigenvalue weighted by atomic mass is 10.2. The lowest BCUT2D eigenvalue weighted by Crippen LogP contribution is -2.19. The SMILES string of the molecule is O=C(NN=Cc1ccc(Cl)c([N+](=O)[O-])c1)c1n[nH]c2c1CCC2. The topological polar surface area (TPSA) is 113 Å². The van der Waals surface area contributed by atoms with Gasteiger partial charge >= 0.3 is 0 Å². The van der Waals surface area contributed by atoms with E-state index in [-0.39, 0.29) is 10.7 Å². The summed E-state index contributed by atoms with van der Waals surface area (Å²) in [4.78, 5) is 22.3. The first-order chi connectivity index (χ1) is 11.1. The molecule has 0 aliphatic heterocycles. The van der Waals surface area contributed by atoms with Crippen LogP contribution in [0.2, 0.25) is 5.02 Å². The van der Waals surface area contributed by atoms with Gasteiger partial charge in [-0.1, -0.05) is 17.7 Å². The Bertz CT molecular complexity index is 815. The molecule has 0 bridgehead atoms. The molecule has 118 valence electrons.